The van der Waals surface area contributed by atoms with E-state index in [1.54, 1.807) is 12.1 Å². The van der Waals surface area contributed by atoms with Gasteiger partial charge in [-0.25, -0.2) is 0 Å². The molecule has 1 aromatic carbocycles. The summed E-state index contributed by atoms with van der Waals surface area (Å²) in [4.78, 5) is 15.6. The fourth-order valence-corrected chi connectivity index (χ4v) is 3.86. The van der Waals surface area contributed by atoms with Crippen LogP contribution in [0.25, 0.3) is 0 Å². The van der Waals surface area contributed by atoms with Crippen molar-refractivity contribution in [1.29, 1.82) is 0 Å². The Hall–Kier alpha value is -1.62. The summed E-state index contributed by atoms with van der Waals surface area (Å²) < 4.78 is 0. The molecule has 2 aliphatic heterocycles. The number of nitrogens with zero attached hydrogens (tertiary/aromatic N) is 3. The number of non-ortho nitro benzene ring substituents is 1. The molecule has 0 amide bonds. The normalized spacial score (nSPS) is 22.3. The number of nitro groups is 1. The molecule has 1 aromatic rings. The zero-order valence-electron chi connectivity index (χ0n) is 13.0. The maximum atomic E-state index is 11.1. The zero-order chi connectivity index (χ0) is 15.2. The molecule has 0 unspecified atom stereocenters. The minimum atomic E-state index is -0.293. The first-order valence-corrected chi connectivity index (χ1v) is 7.64. The van der Waals surface area contributed by atoms with Crippen LogP contribution in [0.4, 0.5) is 11.4 Å². The van der Waals surface area contributed by atoms with Crippen molar-refractivity contribution in [3.05, 3.63) is 33.9 Å². The average Bonchev–Trinajstić information content (AvgIpc) is 2.69. The Bertz CT molecular complexity index is 563. The van der Waals surface area contributed by atoms with Crippen LogP contribution >= 0.6 is 0 Å². The van der Waals surface area contributed by atoms with Crippen LogP contribution in [0.1, 0.15) is 32.3 Å². The summed E-state index contributed by atoms with van der Waals surface area (Å²) in [5, 5.41) is 11.1. The topological polar surface area (TPSA) is 49.6 Å². The van der Waals surface area contributed by atoms with E-state index in [2.05, 4.69) is 30.7 Å². The van der Waals surface area contributed by atoms with Gasteiger partial charge in [-0.2, -0.15) is 0 Å². The van der Waals surface area contributed by atoms with Crippen molar-refractivity contribution in [2.45, 2.75) is 44.7 Å². The first-order chi connectivity index (χ1) is 9.88. The van der Waals surface area contributed by atoms with Crippen LogP contribution in [-0.2, 0) is 6.42 Å². The molecule has 0 spiro atoms. The molecule has 2 heterocycles. The molecule has 3 rings (SSSR count). The van der Waals surface area contributed by atoms with Crippen molar-refractivity contribution in [2.24, 2.45) is 0 Å². The lowest BCUT2D eigenvalue weighted by molar-refractivity contribution is -0.384. The smallest absolute Gasteiger partial charge is 0.271 e. The van der Waals surface area contributed by atoms with Crippen molar-refractivity contribution in [3.63, 3.8) is 0 Å². The Balaban J connectivity index is 1.96. The Morgan fingerprint density at radius 1 is 1.29 bits per heavy atom. The van der Waals surface area contributed by atoms with E-state index >= 15 is 0 Å². The highest BCUT2D eigenvalue weighted by Crippen LogP contribution is 2.43. The van der Waals surface area contributed by atoms with Crippen LogP contribution in [0.5, 0.6) is 0 Å². The van der Waals surface area contributed by atoms with E-state index in [0.29, 0.717) is 6.04 Å². The molecule has 0 saturated carbocycles. The van der Waals surface area contributed by atoms with Gasteiger partial charge in [-0.05, 0) is 58.8 Å². The van der Waals surface area contributed by atoms with E-state index in [9.17, 15) is 10.1 Å². The summed E-state index contributed by atoms with van der Waals surface area (Å²) in [5.41, 5.74) is 2.55. The Labute approximate surface area is 125 Å². The van der Waals surface area contributed by atoms with Crippen molar-refractivity contribution in [3.8, 4) is 0 Å². The molecule has 0 radical (unpaired) electrons. The lowest BCUT2D eigenvalue weighted by Gasteiger charge is -2.44. The van der Waals surface area contributed by atoms with Gasteiger partial charge in [0, 0.05) is 29.4 Å². The number of fused-ring (bicyclic) bond motifs is 1. The number of hydrogen-bond donors (Lipinski definition) is 0. The van der Waals surface area contributed by atoms with Gasteiger partial charge < -0.3 is 9.80 Å². The lowest BCUT2D eigenvalue weighted by Crippen LogP contribution is -2.51. The van der Waals surface area contributed by atoms with Gasteiger partial charge in [-0.15, -0.1) is 0 Å². The van der Waals surface area contributed by atoms with E-state index in [0.717, 1.165) is 38.0 Å². The number of rotatable bonds is 2. The summed E-state index contributed by atoms with van der Waals surface area (Å²) in [6.45, 7) is 6.69. The molecule has 21 heavy (non-hydrogen) atoms. The van der Waals surface area contributed by atoms with Gasteiger partial charge in [0.15, 0.2) is 0 Å². The van der Waals surface area contributed by atoms with Crippen LogP contribution in [0.2, 0.25) is 0 Å². The molecule has 0 aromatic heterocycles. The number of anilines is 1. The largest absolute Gasteiger partial charge is 0.363 e. The standard InChI is InChI=1S/C16H23N3O2/c1-16(2)11-12-4-5-14(19(20)21)10-15(12)18(16)13-6-8-17(3)9-7-13/h4-5,10,13H,6-9,11H2,1-3H3. The van der Waals surface area contributed by atoms with Gasteiger partial charge in [-0.3, -0.25) is 10.1 Å². The predicted molar refractivity (Wildman–Crippen MR) is 83.9 cm³/mol. The molecular formula is C16H23N3O2. The maximum Gasteiger partial charge on any atom is 0.271 e. The third kappa shape index (κ3) is 2.50. The summed E-state index contributed by atoms with van der Waals surface area (Å²) >= 11 is 0. The average molecular weight is 289 g/mol. The van der Waals surface area contributed by atoms with E-state index in [-0.39, 0.29) is 16.1 Å². The van der Waals surface area contributed by atoms with Gasteiger partial charge in [0.2, 0.25) is 0 Å². The van der Waals surface area contributed by atoms with E-state index in [4.69, 9.17) is 0 Å². The fraction of sp³-hybridized carbons (Fsp3) is 0.625. The first kappa shape index (κ1) is 14.3. The Morgan fingerprint density at radius 3 is 2.57 bits per heavy atom. The highest BCUT2D eigenvalue weighted by molar-refractivity contribution is 5.66. The number of benzene rings is 1. The van der Waals surface area contributed by atoms with E-state index < -0.39 is 0 Å². The second kappa shape index (κ2) is 4.98. The first-order valence-electron chi connectivity index (χ1n) is 7.64. The van der Waals surface area contributed by atoms with Crippen LogP contribution in [0, 0.1) is 10.1 Å². The quantitative estimate of drug-likeness (QED) is 0.620. The molecule has 2 aliphatic rings. The molecule has 0 aliphatic carbocycles. The molecule has 114 valence electrons. The van der Waals surface area contributed by atoms with Crippen LogP contribution in [-0.4, -0.2) is 41.5 Å². The molecule has 0 bridgehead atoms. The summed E-state index contributed by atoms with van der Waals surface area (Å²) in [6.07, 6.45) is 3.22. The van der Waals surface area contributed by atoms with Gasteiger partial charge in [0.25, 0.3) is 5.69 Å². The van der Waals surface area contributed by atoms with Gasteiger partial charge >= 0.3 is 0 Å². The molecule has 5 nitrogen and oxygen atoms in total. The fourth-order valence-electron chi connectivity index (χ4n) is 3.86. The Morgan fingerprint density at radius 2 is 1.95 bits per heavy atom. The molecular weight excluding hydrogens is 266 g/mol. The van der Waals surface area contributed by atoms with Crippen LogP contribution in [0.15, 0.2) is 18.2 Å². The summed E-state index contributed by atoms with van der Waals surface area (Å²) in [7, 11) is 2.16. The zero-order valence-corrected chi connectivity index (χ0v) is 13.0. The number of nitro benzene ring substituents is 1. The van der Waals surface area contributed by atoms with E-state index in [1.807, 2.05) is 6.07 Å². The van der Waals surface area contributed by atoms with Gasteiger partial charge in [0.05, 0.1) is 4.92 Å². The number of hydrogen-bond acceptors (Lipinski definition) is 4. The van der Waals surface area contributed by atoms with Crippen LogP contribution < -0.4 is 4.90 Å². The van der Waals surface area contributed by atoms with Crippen molar-refractivity contribution < 1.29 is 4.92 Å². The van der Waals surface area contributed by atoms with E-state index in [1.165, 1.54) is 5.56 Å². The minimum absolute atomic E-state index is 0.0398. The second-order valence-electron chi connectivity index (χ2n) is 6.96. The molecule has 1 fully saturated rings. The third-order valence-corrected chi connectivity index (χ3v) is 4.87. The molecule has 1 saturated heterocycles. The maximum absolute atomic E-state index is 11.1. The van der Waals surface area contributed by atoms with Crippen molar-refractivity contribution in [1.82, 2.24) is 4.90 Å². The lowest BCUT2D eigenvalue weighted by atomic mass is 9.95. The predicted octanol–water partition coefficient (Wildman–Crippen LogP) is 2.83. The minimum Gasteiger partial charge on any atom is -0.363 e. The molecule has 0 atom stereocenters. The second-order valence-corrected chi connectivity index (χ2v) is 6.96. The van der Waals surface area contributed by atoms with Crippen molar-refractivity contribution in [2.75, 3.05) is 25.0 Å². The van der Waals surface area contributed by atoms with Crippen molar-refractivity contribution >= 4 is 11.4 Å². The molecule has 0 N–H and O–H groups in total. The SMILES string of the molecule is CN1CCC(N2c3cc([N+](=O)[O-])ccc3CC2(C)C)CC1. The Kier molecular flexibility index (Phi) is 3.40. The van der Waals surface area contributed by atoms with Gasteiger partial charge in [0.1, 0.15) is 0 Å². The number of likely N-dealkylation sites (tertiary alicyclic amines) is 1. The number of piperidine rings is 1. The highest BCUT2D eigenvalue weighted by Gasteiger charge is 2.41. The third-order valence-electron chi connectivity index (χ3n) is 4.87. The highest BCUT2D eigenvalue weighted by atomic mass is 16.6. The monoisotopic (exact) mass is 289 g/mol. The summed E-state index contributed by atoms with van der Waals surface area (Å²) in [6, 6.07) is 5.82. The summed E-state index contributed by atoms with van der Waals surface area (Å²) in [5.74, 6) is 0. The van der Waals surface area contributed by atoms with Crippen LogP contribution in [0.3, 0.4) is 0 Å². The van der Waals surface area contributed by atoms with Gasteiger partial charge in [-0.1, -0.05) is 6.07 Å². The molecule has 5 heteroatoms.